The number of nitrogens with zero attached hydrogens (tertiary/aromatic N) is 1. The van der Waals surface area contributed by atoms with Gasteiger partial charge in [-0.15, -0.1) is 0 Å². The third-order valence-corrected chi connectivity index (χ3v) is 2.61. The van der Waals surface area contributed by atoms with Crippen LogP contribution in [0.2, 0.25) is 0 Å². The number of ketones is 1. The van der Waals surface area contributed by atoms with Crippen LogP contribution >= 0.6 is 0 Å². The number of hydrogen-bond donors (Lipinski definition) is 1. The summed E-state index contributed by atoms with van der Waals surface area (Å²) in [6.07, 6.45) is 0. The third kappa shape index (κ3) is 2.12. The molecule has 0 aliphatic rings. The molecule has 0 spiro atoms. The topological polar surface area (TPSA) is 69.1 Å². The van der Waals surface area contributed by atoms with Crippen molar-refractivity contribution in [2.24, 2.45) is 5.73 Å². The summed E-state index contributed by atoms with van der Waals surface area (Å²) in [6.45, 7) is 3.65. The van der Waals surface area contributed by atoms with Crippen molar-refractivity contribution in [3.05, 3.63) is 41.3 Å². The second kappa shape index (κ2) is 4.51. The minimum Gasteiger partial charge on any atom is -0.433 e. The number of hydrogen-bond acceptors (Lipinski definition) is 4. The third-order valence-electron chi connectivity index (χ3n) is 2.61. The van der Waals surface area contributed by atoms with Crippen LogP contribution in [0.5, 0.6) is 0 Å². The zero-order valence-electron chi connectivity index (χ0n) is 9.86. The first-order chi connectivity index (χ1) is 8.13. The molecule has 0 aliphatic carbocycles. The molecule has 0 radical (unpaired) electrons. The smallest absolute Gasteiger partial charge is 0.227 e. The van der Waals surface area contributed by atoms with Gasteiger partial charge in [0.2, 0.25) is 11.7 Å². The van der Waals surface area contributed by atoms with E-state index in [0.717, 1.165) is 11.1 Å². The van der Waals surface area contributed by atoms with Gasteiger partial charge in [0.25, 0.3) is 0 Å². The number of aromatic nitrogens is 1. The number of carbonyl (C=O) groups excluding carboxylic acids is 1. The van der Waals surface area contributed by atoms with Gasteiger partial charge in [-0.25, -0.2) is 4.98 Å². The maximum absolute atomic E-state index is 11.5. The van der Waals surface area contributed by atoms with Crippen molar-refractivity contribution in [2.75, 3.05) is 6.54 Å². The minimum absolute atomic E-state index is 0.0662. The molecule has 0 saturated heterocycles. The first-order valence-electron chi connectivity index (χ1n) is 5.40. The van der Waals surface area contributed by atoms with Gasteiger partial charge in [-0.1, -0.05) is 18.2 Å². The highest BCUT2D eigenvalue weighted by Gasteiger charge is 2.17. The van der Waals surface area contributed by atoms with Crippen LogP contribution in [-0.4, -0.2) is 17.3 Å². The number of carbonyl (C=O) groups is 1. The predicted octanol–water partition coefficient (Wildman–Crippen LogP) is 2.10. The molecular formula is C13H14N2O2. The zero-order valence-corrected chi connectivity index (χ0v) is 9.86. The van der Waals surface area contributed by atoms with E-state index in [1.165, 1.54) is 0 Å². The van der Waals surface area contributed by atoms with Gasteiger partial charge in [0, 0.05) is 5.56 Å². The Morgan fingerprint density at radius 2 is 2.06 bits per heavy atom. The van der Waals surface area contributed by atoms with Crippen molar-refractivity contribution >= 4 is 5.78 Å². The van der Waals surface area contributed by atoms with Gasteiger partial charge in [0.15, 0.2) is 5.76 Å². The number of nitrogens with two attached hydrogens (primary N) is 1. The van der Waals surface area contributed by atoms with Crippen molar-refractivity contribution < 1.29 is 9.21 Å². The molecule has 17 heavy (non-hydrogen) atoms. The highest BCUT2D eigenvalue weighted by atomic mass is 16.4. The van der Waals surface area contributed by atoms with Gasteiger partial charge in [-0.2, -0.15) is 0 Å². The molecule has 1 heterocycles. The molecule has 2 N–H and O–H groups in total. The lowest BCUT2D eigenvalue weighted by atomic mass is 10.1. The van der Waals surface area contributed by atoms with E-state index in [-0.39, 0.29) is 18.1 Å². The van der Waals surface area contributed by atoms with Crippen molar-refractivity contribution in [3.63, 3.8) is 0 Å². The fraction of sp³-hybridized carbons (Fsp3) is 0.231. The molecule has 0 saturated carbocycles. The minimum atomic E-state index is -0.227. The average Bonchev–Trinajstić information content (AvgIpc) is 2.71. The van der Waals surface area contributed by atoms with Crippen molar-refractivity contribution in [3.8, 4) is 11.5 Å². The van der Waals surface area contributed by atoms with Crippen LogP contribution in [0.15, 0.2) is 28.7 Å². The van der Waals surface area contributed by atoms with E-state index < -0.39 is 0 Å². The number of benzene rings is 1. The monoisotopic (exact) mass is 230 g/mol. The van der Waals surface area contributed by atoms with Crippen molar-refractivity contribution in [1.29, 1.82) is 0 Å². The highest BCUT2D eigenvalue weighted by Crippen LogP contribution is 2.24. The van der Waals surface area contributed by atoms with E-state index >= 15 is 0 Å². The molecule has 0 unspecified atom stereocenters. The maximum atomic E-state index is 11.5. The van der Waals surface area contributed by atoms with E-state index in [4.69, 9.17) is 10.2 Å². The molecule has 2 rings (SSSR count). The lowest BCUT2D eigenvalue weighted by Gasteiger charge is -1.99. The Hall–Kier alpha value is -1.94. The van der Waals surface area contributed by atoms with E-state index in [0.29, 0.717) is 11.6 Å². The molecule has 4 heteroatoms. The largest absolute Gasteiger partial charge is 0.433 e. The number of Topliss-reactive ketones (excluding diaryl/α,β-unsaturated/α-hetero) is 1. The summed E-state index contributed by atoms with van der Waals surface area (Å²) >= 11 is 0. The SMILES string of the molecule is Cc1ccccc1-c1nc(C)c(C(=O)CN)o1. The normalized spacial score (nSPS) is 10.5. The van der Waals surface area contributed by atoms with Gasteiger partial charge in [-0.3, -0.25) is 4.79 Å². The molecule has 88 valence electrons. The maximum Gasteiger partial charge on any atom is 0.227 e. The van der Waals surface area contributed by atoms with Crippen LogP contribution in [0.25, 0.3) is 11.5 Å². The fourth-order valence-corrected chi connectivity index (χ4v) is 1.68. The molecule has 1 aromatic carbocycles. The Balaban J connectivity index is 2.49. The molecule has 0 bridgehead atoms. The van der Waals surface area contributed by atoms with E-state index in [2.05, 4.69) is 4.98 Å². The Labute approximate surface area is 99.5 Å². The van der Waals surface area contributed by atoms with E-state index in [1.807, 2.05) is 31.2 Å². The van der Waals surface area contributed by atoms with E-state index in [9.17, 15) is 4.79 Å². The van der Waals surface area contributed by atoms with Crippen LogP contribution in [0.3, 0.4) is 0 Å². The first-order valence-corrected chi connectivity index (χ1v) is 5.40. The van der Waals surface area contributed by atoms with Gasteiger partial charge in [0.05, 0.1) is 12.2 Å². The van der Waals surface area contributed by atoms with Gasteiger partial charge in [-0.05, 0) is 25.5 Å². The van der Waals surface area contributed by atoms with Crippen molar-refractivity contribution in [1.82, 2.24) is 4.98 Å². The Morgan fingerprint density at radius 3 is 2.71 bits per heavy atom. The number of aryl methyl sites for hydroxylation is 2. The lowest BCUT2D eigenvalue weighted by Crippen LogP contribution is -2.13. The number of oxazole rings is 1. The Morgan fingerprint density at radius 1 is 1.35 bits per heavy atom. The highest BCUT2D eigenvalue weighted by molar-refractivity contribution is 5.96. The van der Waals surface area contributed by atoms with Crippen molar-refractivity contribution in [2.45, 2.75) is 13.8 Å². The zero-order chi connectivity index (χ0) is 12.4. The lowest BCUT2D eigenvalue weighted by molar-refractivity contribution is 0.0975. The molecule has 1 aromatic heterocycles. The fourth-order valence-electron chi connectivity index (χ4n) is 1.68. The standard InChI is InChI=1S/C13H14N2O2/c1-8-5-3-4-6-10(8)13-15-9(2)12(17-13)11(16)7-14/h3-6H,7,14H2,1-2H3. The van der Waals surface area contributed by atoms with Crippen LogP contribution in [-0.2, 0) is 0 Å². The first kappa shape index (κ1) is 11.5. The summed E-state index contributed by atoms with van der Waals surface area (Å²) in [7, 11) is 0. The summed E-state index contributed by atoms with van der Waals surface area (Å²) in [5.41, 5.74) is 7.85. The Bertz CT molecular complexity index is 558. The molecule has 0 atom stereocenters. The molecule has 2 aromatic rings. The molecule has 0 amide bonds. The second-order valence-electron chi connectivity index (χ2n) is 3.88. The van der Waals surface area contributed by atoms with Gasteiger partial charge in [0.1, 0.15) is 0 Å². The Kier molecular flexibility index (Phi) is 3.06. The summed E-state index contributed by atoms with van der Waals surface area (Å²) in [4.78, 5) is 15.8. The summed E-state index contributed by atoms with van der Waals surface area (Å²) in [5.74, 6) is 0.498. The number of rotatable bonds is 3. The second-order valence-corrected chi connectivity index (χ2v) is 3.88. The predicted molar refractivity (Wildman–Crippen MR) is 64.8 cm³/mol. The van der Waals surface area contributed by atoms with Crippen LogP contribution in [0.1, 0.15) is 21.8 Å². The quantitative estimate of drug-likeness (QED) is 0.820. The molecule has 0 aliphatic heterocycles. The molecular weight excluding hydrogens is 216 g/mol. The van der Waals surface area contributed by atoms with Gasteiger partial charge >= 0.3 is 0 Å². The van der Waals surface area contributed by atoms with Gasteiger partial charge < -0.3 is 10.2 Å². The van der Waals surface area contributed by atoms with Crippen LogP contribution in [0.4, 0.5) is 0 Å². The van der Waals surface area contributed by atoms with Crippen LogP contribution < -0.4 is 5.73 Å². The summed E-state index contributed by atoms with van der Waals surface area (Å²) in [5, 5.41) is 0. The summed E-state index contributed by atoms with van der Waals surface area (Å²) < 4.78 is 5.49. The molecule has 0 fully saturated rings. The summed E-state index contributed by atoms with van der Waals surface area (Å²) in [6, 6.07) is 7.74. The van der Waals surface area contributed by atoms with E-state index in [1.54, 1.807) is 6.92 Å². The average molecular weight is 230 g/mol. The molecule has 4 nitrogen and oxygen atoms in total. The van der Waals surface area contributed by atoms with Crippen LogP contribution in [0, 0.1) is 13.8 Å².